The highest BCUT2D eigenvalue weighted by Gasteiger charge is 2.36. The molecule has 1 aliphatic carbocycles. The second kappa shape index (κ2) is 7.86. The molecule has 0 bridgehead atoms. The summed E-state index contributed by atoms with van der Waals surface area (Å²) in [7, 11) is 0. The summed E-state index contributed by atoms with van der Waals surface area (Å²) in [5, 5.41) is 9.55. The second-order valence-corrected chi connectivity index (χ2v) is 8.88. The smallest absolute Gasteiger partial charge is 0.410 e. The van der Waals surface area contributed by atoms with E-state index in [4.69, 9.17) is 9.47 Å². The first kappa shape index (κ1) is 21.2. The first-order chi connectivity index (χ1) is 12.4. The van der Waals surface area contributed by atoms with Crippen LogP contribution in [-0.4, -0.2) is 39.4 Å². The lowest BCUT2D eigenvalue weighted by Crippen LogP contribution is -2.74. The summed E-state index contributed by atoms with van der Waals surface area (Å²) < 4.78 is 10.9. The molecule has 0 atom stereocenters. The number of esters is 1. The van der Waals surface area contributed by atoms with Crippen molar-refractivity contribution >= 4 is 17.7 Å². The van der Waals surface area contributed by atoms with Gasteiger partial charge < -0.3 is 14.4 Å². The molecule has 27 heavy (non-hydrogen) atoms. The van der Waals surface area contributed by atoms with Crippen molar-refractivity contribution in [1.82, 2.24) is 4.90 Å². The Morgan fingerprint density at radius 1 is 1.11 bits per heavy atom. The molecule has 7 heteroatoms. The van der Waals surface area contributed by atoms with Crippen molar-refractivity contribution in [1.29, 1.82) is 0 Å². The third kappa shape index (κ3) is 6.52. The minimum atomic E-state index is -0.602. The second-order valence-electron chi connectivity index (χ2n) is 8.88. The summed E-state index contributed by atoms with van der Waals surface area (Å²) in [6.45, 7) is 11.1. The first-order valence-corrected chi connectivity index (χ1v) is 9.23. The molecule has 1 amide bonds. The molecule has 7 nitrogen and oxygen atoms in total. The van der Waals surface area contributed by atoms with Gasteiger partial charge in [-0.25, -0.2) is 14.8 Å². The van der Waals surface area contributed by atoms with E-state index in [1.807, 2.05) is 20.8 Å². The van der Waals surface area contributed by atoms with E-state index in [1.54, 1.807) is 43.9 Å². The molecule has 1 aromatic rings. The number of rotatable bonds is 5. The largest absolute Gasteiger partial charge is 0.456 e. The molecule has 1 fully saturated rings. The Balaban J connectivity index is 2.25. The van der Waals surface area contributed by atoms with Gasteiger partial charge in [-0.3, -0.25) is 0 Å². The van der Waals surface area contributed by atoms with Gasteiger partial charge in [-0.15, -0.1) is 0 Å². The molecule has 1 aliphatic rings. The Morgan fingerprint density at radius 2 is 1.70 bits per heavy atom. The quantitative estimate of drug-likeness (QED) is 0.466. The molecule has 150 valence electrons. The number of amides is 1. The first-order valence-electron chi connectivity index (χ1n) is 9.23. The topological polar surface area (TPSA) is 92.7 Å². The number of benzene rings is 1. The number of carbonyl (C=O) groups excluding carboxylic acids is 2. The molecule has 1 aromatic carbocycles. The van der Waals surface area contributed by atoms with Crippen molar-refractivity contribution in [3.05, 3.63) is 29.3 Å². The van der Waals surface area contributed by atoms with Crippen LogP contribution in [0.5, 0.6) is 0 Å². The maximum atomic E-state index is 12.6. The van der Waals surface area contributed by atoms with E-state index in [-0.39, 0.29) is 12.6 Å². The molecule has 0 saturated heterocycles. The molecule has 0 unspecified atom stereocenters. The van der Waals surface area contributed by atoms with Gasteiger partial charge in [0.25, 0.3) is 0 Å². The Morgan fingerprint density at radius 3 is 2.19 bits per heavy atom. The van der Waals surface area contributed by atoms with Gasteiger partial charge >= 0.3 is 12.1 Å². The van der Waals surface area contributed by atoms with Gasteiger partial charge in [0.05, 0.1) is 12.1 Å². The summed E-state index contributed by atoms with van der Waals surface area (Å²) >= 11 is 0. The van der Waals surface area contributed by atoms with E-state index in [1.165, 1.54) is 0 Å². The van der Waals surface area contributed by atoms with Gasteiger partial charge in [-0.1, -0.05) is 0 Å². The van der Waals surface area contributed by atoms with Crippen LogP contribution in [0.2, 0.25) is 0 Å². The zero-order valence-corrected chi connectivity index (χ0v) is 17.0. The standard InChI is InChI=1S/C20H30N2O5/c1-19(2,3)26-17(23)13-7-10-16(21-25)14(11-13)12-22(15-8-9-15)18(24)27-20(4,5)6/h7,10-11,15,21,25H,8-9,12H2,1-6H3/p+1. The third-order valence-corrected chi connectivity index (χ3v) is 3.87. The maximum absolute atomic E-state index is 12.6. The molecule has 0 radical (unpaired) electrons. The van der Waals surface area contributed by atoms with Crippen LogP contribution in [0.3, 0.4) is 0 Å². The number of nitrogens with zero attached hydrogens (tertiary/aromatic N) is 1. The van der Waals surface area contributed by atoms with Gasteiger partial charge in [-0.2, -0.15) is 5.48 Å². The van der Waals surface area contributed by atoms with Crippen LogP contribution in [0.1, 0.15) is 70.3 Å². The molecule has 0 aliphatic heterocycles. The van der Waals surface area contributed by atoms with E-state index in [2.05, 4.69) is 0 Å². The molecular formula is C20H31N2O5+. The number of hydrogen-bond donors (Lipinski definition) is 2. The predicted octanol–water partition coefficient (Wildman–Crippen LogP) is 3.13. The zero-order chi connectivity index (χ0) is 20.4. The minimum Gasteiger partial charge on any atom is -0.456 e. The molecule has 0 heterocycles. The predicted molar refractivity (Wildman–Crippen MR) is 99.8 cm³/mol. The molecule has 1 saturated carbocycles. The summed E-state index contributed by atoms with van der Waals surface area (Å²) in [5.41, 5.74) is 1.39. The van der Waals surface area contributed by atoms with Crippen molar-refractivity contribution < 1.29 is 29.8 Å². The van der Waals surface area contributed by atoms with Crippen LogP contribution in [0.4, 0.5) is 10.5 Å². The highest BCUT2D eigenvalue weighted by molar-refractivity contribution is 5.90. The number of ether oxygens (including phenoxy) is 2. The molecule has 3 N–H and O–H groups in total. The SMILES string of the molecule is CC(C)(C)OC(=O)c1ccc([NH2+]O)c(CN(C(=O)OC(C)(C)C)C2CC2)c1. The van der Waals surface area contributed by atoms with Crippen LogP contribution in [0, 0.1) is 0 Å². The monoisotopic (exact) mass is 379 g/mol. The van der Waals surface area contributed by atoms with Crippen molar-refractivity contribution in [3.8, 4) is 0 Å². The Kier molecular flexibility index (Phi) is 6.17. The number of nitrogens with two attached hydrogens (primary N) is 1. The molecule has 0 spiro atoms. The van der Waals surface area contributed by atoms with Crippen molar-refractivity contribution in [3.63, 3.8) is 0 Å². The average Bonchev–Trinajstić information content (AvgIpc) is 3.33. The van der Waals surface area contributed by atoms with Crippen LogP contribution >= 0.6 is 0 Å². The van der Waals surface area contributed by atoms with Crippen molar-refractivity contribution in [2.45, 2.75) is 78.2 Å². The highest BCUT2D eigenvalue weighted by atomic mass is 16.6. The lowest BCUT2D eigenvalue weighted by molar-refractivity contribution is -0.826. The van der Waals surface area contributed by atoms with Crippen molar-refractivity contribution in [2.24, 2.45) is 0 Å². The minimum absolute atomic E-state index is 0.122. The number of hydrogen-bond acceptors (Lipinski definition) is 5. The third-order valence-electron chi connectivity index (χ3n) is 3.87. The molecule has 2 rings (SSSR count). The lowest BCUT2D eigenvalue weighted by atomic mass is 10.1. The summed E-state index contributed by atoms with van der Waals surface area (Å²) in [4.78, 5) is 26.6. The lowest BCUT2D eigenvalue weighted by Gasteiger charge is -2.27. The fourth-order valence-corrected chi connectivity index (χ4v) is 2.57. The van der Waals surface area contributed by atoms with Crippen LogP contribution in [0.15, 0.2) is 18.2 Å². The molecule has 0 aromatic heterocycles. The van der Waals surface area contributed by atoms with E-state index < -0.39 is 23.3 Å². The van der Waals surface area contributed by atoms with Gasteiger partial charge in [0.15, 0.2) is 5.69 Å². The van der Waals surface area contributed by atoms with Crippen LogP contribution in [-0.2, 0) is 16.0 Å². The van der Waals surface area contributed by atoms with Gasteiger partial charge in [0, 0.05) is 17.7 Å². The number of quaternary nitrogens is 1. The van der Waals surface area contributed by atoms with E-state index in [9.17, 15) is 14.8 Å². The summed E-state index contributed by atoms with van der Waals surface area (Å²) in [5.74, 6) is -0.441. The van der Waals surface area contributed by atoms with Crippen LogP contribution in [0.25, 0.3) is 0 Å². The summed E-state index contributed by atoms with van der Waals surface area (Å²) in [6, 6.07) is 5.04. The van der Waals surface area contributed by atoms with E-state index in [0.717, 1.165) is 18.3 Å². The Labute approximate surface area is 160 Å². The fourth-order valence-electron chi connectivity index (χ4n) is 2.57. The maximum Gasteiger partial charge on any atom is 0.410 e. The van der Waals surface area contributed by atoms with Gasteiger partial charge in [0.1, 0.15) is 11.2 Å². The summed E-state index contributed by atoms with van der Waals surface area (Å²) in [6.07, 6.45) is 1.45. The normalized spacial score (nSPS) is 14.6. The molecular weight excluding hydrogens is 348 g/mol. The van der Waals surface area contributed by atoms with E-state index >= 15 is 0 Å². The highest BCUT2D eigenvalue weighted by Crippen LogP contribution is 2.31. The Bertz CT molecular complexity index is 699. The fraction of sp³-hybridized carbons (Fsp3) is 0.600. The Hall–Kier alpha value is -2.12. The van der Waals surface area contributed by atoms with Crippen LogP contribution < -0.4 is 5.48 Å². The zero-order valence-electron chi connectivity index (χ0n) is 17.0. The van der Waals surface area contributed by atoms with Gasteiger partial charge in [0.2, 0.25) is 0 Å². The van der Waals surface area contributed by atoms with E-state index in [0.29, 0.717) is 16.8 Å². The average molecular weight is 379 g/mol. The van der Waals surface area contributed by atoms with Crippen molar-refractivity contribution in [2.75, 3.05) is 0 Å². The van der Waals surface area contributed by atoms with Gasteiger partial charge in [-0.05, 0) is 66.5 Å². The number of carbonyl (C=O) groups is 2.